The van der Waals surface area contributed by atoms with Crippen molar-refractivity contribution in [2.24, 2.45) is 7.05 Å². The highest BCUT2D eigenvalue weighted by atomic mass is 16.3. The van der Waals surface area contributed by atoms with Crippen LogP contribution in [0.15, 0.2) is 56.7 Å². The molecule has 0 aliphatic heterocycles. The first kappa shape index (κ1) is 16.6. The number of furan rings is 1. The topological polar surface area (TPSA) is 115 Å². The summed E-state index contributed by atoms with van der Waals surface area (Å²) < 4.78 is 7.97. The maximum absolute atomic E-state index is 13.0. The number of aryl methyl sites for hydroxylation is 2. The van der Waals surface area contributed by atoms with Crippen LogP contribution in [0.25, 0.3) is 16.8 Å². The van der Waals surface area contributed by atoms with Crippen molar-refractivity contribution < 1.29 is 9.21 Å². The van der Waals surface area contributed by atoms with Crippen molar-refractivity contribution >= 4 is 22.7 Å². The van der Waals surface area contributed by atoms with E-state index in [0.29, 0.717) is 11.4 Å². The van der Waals surface area contributed by atoms with Crippen LogP contribution < -0.4 is 16.6 Å². The van der Waals surface area contributed by atoms with Gasteiger partial charge in [-0.3, -0.25) is 19.3 Å². The Morgan fingerprint density at radius 2 is 1.96 bits per heavy atom. The van der Waals surface area contributed by atoms with Crippen LogP contribution in [0.4, 0.5) is 5.69 Å². The monoisotopic (exact) mass is 365 g/mol. The lowest BCUT2D eigenvalue weighted by atomic mass is 10.1. The number of anilines is 1. The Morgan fingerprint density at radius 3 is 2.63 bits per heavy atom. The molecule has 0 atom stereocenters. The van der Waals surface area contributed by atoms with Gasteiger partial charge in [0.15, 0.2) is 0 Å². The highest BCUT2D eigenvalue weighted by Crippen LogP contribution is 2.22. The van der Waals surface area contributed by atoms with Gasteiger partial charge in [-0.05, 0) is 19.1 Å². The third kappa shape index (κ3) is 2.74. The van der Waals surface area contributed by atoms with Gasteiger partial charge in [-0.25, -0.2) is 9.36 Å². The molecular weight excluding hydrogens is 350 g/mol. The molecule has 9 nitrogen and oxygen atoms in total. The molecule has 0 bridgehead atoms. The van der Waals surface area contributed by atoms with Crippen LogP contribution in [-0.2, 0) is 7.05 Å². The average molecular weight is 365 g/mol. The van der Waals surface area contributed by atoms with E-state index in [1.165, 1.54) is 10.9 Å². The summed E-state index contributed by atoms with van der Waals surface area (Å²) in [6, 6.07) is 8.45. The van der Waals surface area contributed by atoms with E-state index in [1.807, 2.05) is 0 Å². The van der Waals surface area contributed by atoms with Gasteiger partial charge in [0.2, 0.25) is 5.71 Å². The number of carbonyl (C=O) groups excluding carboxylic acids is 1. The number of aromatic amines is 1. The summed E-state index contributed by atoms with van der Waals surface area (Å²) in [6.07, 6.45) is 3.11. The summed E-state index contributed by atoms with van der Waals surface area (Å²) in [7, 11) is 1.72. The third-order valence-corrected chi connectivity index (χ3v) is 4.13. The van der Waals surface area contributed by atoms with E-state index in [0.717, 1.165) is 4.57 Å². The second kappa shape index (κ2) is 6.13. The maximum atomic E-state index is 13.0. The van der Waals surface area contributed by atoms with Crippen LogP contribution in [0.1, 0.15) is 16.1 Å². The second-order valence-electron chi connectivity index (χ2n) is 6.00. The molecule has 0 unspecified atom stereocenters. The van der Waals surface area contributed by atoms with Gasteiger partial charge in [0.05, 0.1) is 23.1 Å². The lowest BCUT2D eigenvalue weighted by molar-refractivity contribution is 0.102. The highest BCUT2D eigenvalue weighted by Gasteiger charge is 2.24. The zero-order chi connectivity index (χ0) is 19.1. The van der Waals surface area contributed by atoms with E-state index in [1.54, 1.807) is 50.5 Å². The molecule has 0 spiro atoms. The fourth-order valence-corrected chi connectivity index (χ4v) is 2.96. The van der Waals surface area contributed by atoms with E-state index in [2.05, 4.69) is 15.4 Å². The van der Waals surface area contributed by atoms with Crippen molar-refractivity contribution in [2.45, 2.75) is 6.92 Å². The van der Waals surface area contributed by atoms with Crippen LogP contribution in [0.5, 0.6) is 0 Å². The Kier molecular flexibility index (Phi) is 3.76. The first-order chi connectivity index (χ1) is 13.0. The number of fused-ring (bicyclic) bond motifs is 1. The lowest BCUT2D eigenvalue weighted by Crippen LogP contribution is -2.34. The molecule has 0 radical (unpaired) electrons. The predicted octanol–water partition coefficient (Wildman–Crippen LogP) is 1.57. The first-order valence-electron chi connectivity index (χ1n) is 8.09. The predicted molar refractivity (Wildman–Crippen MR) is 98.3 cm³/mol. The number of carbonyl (C=O) groups is 1. The minimum atomic E-state index is -0.647. The number of H-pyrrole nitrogens is 1. The van der Waals surface area contributed by atoms with Crippen molar-refractivity contribution in [1.29, 1.82) is 0 Å². The highest BCUT2D eigenvalue weighted by molar-refractivity contribution is 6.12. The average Bonchev–Trinajstić information content (AvgIpc) is 3.18. The molecule has 4 rings (SSSR count). The molecule has 1 amide bonds. The van der Waals surface area contributed by atoms with E-state index in [4.69, 9.17) is 4.42 Å². The van der Waals surface area contributed by atoms with Gasteiger partial charge in [0, 0.05) is 13.2 Å². The van der Waals surface area contributed by atoms with E-state index >= 15 is 0 Å². The number of benzene rings is 1. The quantitative estimate of drug-likeness (QED) is 0.572. The number of nitrogens with one attached hydrogen (secondary N) is 2. The molecule has 3 aromatic heterocycles. The van der Waals surface area contributed by atoms with Crippen molar-refractivity contribution in [3.8, 4) is 5.69 Å². The van der Waals surface area contributed by atoms with E-state index < -0.39 is 17.2 Å². The smallest absolute Gasteiger partial charge is 0.335 e. The summed E-state index contributed by atoms with van der Waals surface area (Å²) in [5, 5.41) is 6.67. The molecule has 1 aromatic carbocycles. The molecule has 9 heteroatoms. The number of hydrogen-bond donors (Lipinski definition) is 2. The number of nitrogens with zero attached hydrogens (tertiary/aromatic N) is 3. The summed E-state index contributed by atoms with van der Waals surface area (Å²) in [5.41, 5.74) is -0.377. The molecule has 3 heterocycles. The Hall–Kier alpha value is -3.88. The summed E-state index contributed by atoms with van der Waals surface area (Å²) >= 11 is 0. The summed E-state index contributed by atoms with van der Waals surface area (Å²) in [6.45, 7) is 1.56. The van der Waals surface area contributed by atoms with Crippen molar-refractivity contribution in [3.63, 3.8) is 0 Å². The third-order valence-electron chi connectivity index (χ3n) is 4.13. The van der Waals surface area contributed by atoms with Gasteiger partial charge >= 0.3 is 5.69 Å². The molecule has 0 saturated carbocycles. The van der Waals surface area contributed by atoms with Crippen LogP contribution in [0, 0.1) is 6.92 Å². The number of hydrogen-bond acceptors (Lipinski definition) is 5. The first-order valence-corrected chi connectivity index (χ1v) is 8.09. The molecule has 27 heavy (non-hydrogen) atoms. The van der Waals surface area contributed by atoms with E-state index in [9.17, 15) is 14.4 Å². The van der Waals surface area contributed by atoms with Crippen molar-refractivity contribution in [3.05, 3.63) is 74.9 Å². The van der Waals surface area contributed by atoms with Crippen molar-refractivity contribution in [2.75, 3.05) is 5.32 Å². The standard InChI is InChI=1S/C18H15N5O4/c1-10-13(15(24)20-11-8-19-22(2)9-11)14-16(27-10)21-18(26)23(17(14)25)12-6-4-3-5-7-12/h3-9H,1-2H3,(H,20,24)(H,21,26). The van der Waals surface area contributed by atoms with Gasteiger partial charge in [-0.2, -0.15) is 5.10 Å². The zero-order valence-electron chi connectivity index (χ0n) is 14.5. The number of amides is 1. The Balaban J connectivity index is 1.91. The summed E-state index contributed by atoms with van der Waals surface area (Å²) in [4.78, 5) is 40.7. The van der Waals surface area contributed by atoms with Crippen LogP contribution in [0.2, 0.25) is 0 Å². The van der Waals surface area contributed by atoms with Gasteiger partial charge in [0.25, 0.3) is 11.5 Å². The van der Waals surface area contributed by atoms with Gasteiger partial charge in [0.1, 0.15) is 11.1 Å². The Bertz CT molecular complexity index is 1280. The molecule has 2 N–H and O–H groups in total. The fraction of sp³-hybridized carbons (Fsp3) is 0.111. The SMILES string of the molecule is Cc1oc2[nH]c(=O)n(-c3ccccc3)c(=O)c2c1C(=O)Nc1cnn(C)c1. The molecule has 0 aliphatic rings. The zero-order valence-corrected chi connectivity index (χ0v) is 14.5. The second-order valence-corrected chi connectivity index (χ2v) is 6.00. The van der Waals surface area contributed by atoms with Crippen LogP contribution in [-0.4, -0.2) is 25.2 Å². The normalized spacial score (nSPS) is 11.0. The Morgan fingerprint density at radius 1 is 1.22 bits per heavy atom. The van der Waals surface area contributed by atoms with Crippen LogP contribution in [0.3, 0.4) is 0 Å². The van der Waals surface area contributed by atoms with Crippen LogP contribution >= 0.6 is 0 Å². The summed E-state index contributed by atoms with van der Waals surface area (Å²) in [5.74, 6) is -0.298. The molecule has 0 aliphatic carbocycles. The molecule has 0 saturated heterocycles. The fourth-order valence-electron chi connectivity index (χ4n) is 2.96. The van der Waals surface area contributed by atoms with E-state index in [-0.39, 0.29) is 22.4 Å². The Labute approximate surface area is 151 Å². The molecule has 0 fully saturated rings. The number of para-hydroxylation sites is 1. The largest absolute Gasteiger partial charge is 0.444 e. The van der Waals surface area contributed by atoms with Gasteiger partial charge < -0.3 is 9.73 Å². The van der Waals surface area contributed by atoms with Crippen molar-refractivity contribution in [1.82, 2.24) is 19.3 Å². The van der Waals surface area contributed by atoms with Gasteiger partial charge in [-0.15, -0.1) is 0 Å². The minimum absolute atomic E-state index is 0.0114. The molecule has 4 aromatic rings. The minimum Gasteiger partial charge on any atom is -0.444 e. The maximum Gasteiger partial charge on any atom is 0.335 e. The molecule has 136 valence electrons. The van der Waals surface area contributed by atoms with Gasteiger partial charge in [-0.1, -0.05) is 18.2 Å². The number of rotatable bonds is 3. The molecular formula is C18H15N5O4. The number of aromatic nitrogens is 4. The lowest BCUT2D eigenvalue weighted by Gasteiger charge is -2.05.